The van der Waals surface area contributed by atoms with Crippen molar-refractivity contribution in [3.63, 3.8) is 0 Å². The quantitative estimate of drug-likeness (QED) is 0.229. The Kier molecular flexibility index (Phi) is 8.20. The van der Waals surface area contributed by atoms with Gasteiger partial charge in [0, 0.05) is 88.7 Å². The van der Waals surface area contributed by atoms with E-state index < -0.39 is 0 Å². The number of pyridine rings is 1. The number of nitrogens with one attached hydrogen (secondary N) is 3. The lowest BCUT2D eigenvalue weighted by Crippen LogP contribution is -2.48. The highest BCUT2D eigenvalue weighted by Gasteiger charge is 2.31. The van der Waals surface area contributed by atoms with Gasteiger partial charge in [0.05, 0.1) is 17.6 Å². The first kappa shape index (κ1) is 26.9. The normalized spacial score (nSPS) is 16.6. The van der Waals surface area contributed by atoms with Gasteiger partial charge in [0.2, 0.25) is 0 Å². The molecule has 0 atom stereocenters. The first-order valence-electron chi connectivity index (χ1n) is 14.3. The van der Waals surface area contributed by atoms with Crippen LogP contribution in [0.2, 0.25) is 0 Å². The summed E-state index contributed by atoms with van der Waals surface area (Å²) in [4.78, 5) is 18.7. The van der Waals surface area contributed by atoms with Gasteiger partial charge < -0.3 is 20.8 Å². The van der Waals surface area contributed by atoms with E-state index in [1.54, 1.807) is 6.33 Å². The van der Waals surface area contributed by atoms with Gasteiger partial charge in [-0.15, -0.1) is 0 Å². The van der Waals surface area contributed by atoms with Crippen LogP contribution in [0.3, 0.4) is 0 Å². The smallest absolute Gasteiger partial charge is 0.140 e. The molecule has 212 valence electrons. The summed E-state index contributed by atoms with van der Waals surface area (Å²) in [6.45, 7) is 6.87. The molecule has 2 fully saturated rings. The Morgan fingerprint density at radius 3 is 2.63 bits per heavy atom. The van der Waals surface area contributed by atoms with Crippen molar-refractivity contribution in [1.29, 1.82) is 5.41 Å². The highest BCUT2D eigenvalue weighted by Crippen LogP contribution is 2.27. The lowest BCUT2D eigenvalue weighted by atomic mass is 10.1. The number of benzene rings is 1. The van der Waals surface area contributed by atoms with Crippen molar-refractivity contribution in [2.75, 3.05) is 51.7 Å². The molecule has 6 rings (SSSR count). The number of imidazole rings is 1. The second-order valence-electron chi connectivity index (χ2n) is 10.6. The van der Waals surface area contributed by atoms with E-state index in [1.807, 2.05) is 60.4 Å². The Morgan fingerprint density at radius 2 is 1.88 bits per heavy atom. The molecular formula is C31H37N9O. The number of rotatable bonds is 12. The predicted molar refractivity (Wildman–Crippen MR) is 162 cm³/mol. The van der Waals surface area contributed by atoms with Crippen molar-refractivity contribution in [1.82, 2.24) is 34.5 Å². The average Bonchev–Trinajstić information content (AvgIpc) is 3.78. The highest BCUT2D eigenvalue weighted by molar-refractivity contribution is 6.08. The largest absolute Gasteiger partial charge is 0.492 e. The monoisotopic (exact) mass is 551 g/mol. The zero-order valence-electron chi connectivity index (χ0n) is 23.5. The Hall–Kier alpha value is -4.28. The summed E-state index contributed by atoms with van der Waals surface area (Å²) in [6, 6.07) is 14.9. The number of piperazine rings is 1. The molecule has 10 heteroatoms. The maximum Gasteiger partial charge on any atom is 0.140 e. The molecule has 0 radical (unpaired) electrons. The summed E-state index contributed by atoms with van der Waals surface area (Å²) >= 11 is 0. The summed E-state index contributed by atoms with van der Waals surface area (Å²) in [5, 5.41) is 14.0. The van der Waals surface area contributed by atoms with Crippen LogP contribution in [-0.2, 0) is 6.54 Å². The van der Waals surface area contributed by atoms with Crippen molar-refractivity contribution in [3.05, 3.63) is 78.5 Å². The fourth-order valence-electron chi connectivity index (χ4n) is 5.29. The molecule has 0 spiro atoms. The molecule has 4 aromatic rings. The molecule has 3 aromatic heterocycles. The summed E-state index contributed by atoms with van der Waals surface area (Å²) in [6.07, 6.45) is 11.3. The fourth-order valence-corrected chi connectivity index (χ4v) is 5.29. The topological polar surface area (TPSA) is 107 Å². The average molecular weight is 552 g/mol. The van der Waals surface area contributed by atoms with E-state index in [0.29, 0.717) is 13.2 Å². The van der Waals surface area contributed by atoms with Crippen LogP contribution in [0.15, 0.2) is 67.4 Å². The van der Waals surface area contributed by atoms with Crippen molar-refractivity contribution in [3.8, 4) is 17.1 Å². The van der Waals surface area contributed by atoms with Gasteiger partial charge in [0.1, 0.15) is 30.1 Å². The van der Waals surface area contributed by atoms with Crippen LogP contribution < -0.4 is 15.4 Å². The molecule has 0 bridgehead atoms. The van der Waals surface area contributed by atoms with Crippen LogP contribution in [0.25, 0.3) is 22.6 Å². The van der Waals surface area contributed by atoms with Crippen LogP contribution in [-0.4, -0.2) is 87.8 Å². The molecule has 3 N–H and O–H groups in total. The Labute approximate surface area is 240 Å². The minimum atomic E-state index is 0.621. The lowest BCUT2D eigenvalue weighted by Gasteiger charge is -2.34. The van der Waals surface area contributed by atoms with Crippen molar-refractivity contribution in [2.24, 2.45) is 0 Å². The van der Waals surface area contributed by atoms with E-state index in [-0.39, 0.29) is 0 Å². The van der Waals surface area contributed by atoms with E-state index in [9.17, 15) is 0 Å². The van der Waals surface area contributed by atoms with Gasteiger partial charge in [-0.05, 0) is 30.0 Å². The van der Waals surface area contributed by atoms with Gasteiger partial charge in [-0.1, -0.05) is 24.3 Å². The molecule has 0 unspecified atom stereocenters. The molecular weight excluding hydrogens is 514 g/mol. The van der Waals surface area contributed by atoms with Gasteiger partial charge in [-0.3, -0.25) is 14.2 Å². The Balaban J connectivity index is 1.04. The van der Waals surface area contributed by atoms with Crippen LogP contribution in [0.1, 0.15) is 24.0 Å². The third kappa shape index (κ3) is 6.55. The van der Waals surface area contributed by atoms with Crippen LogP contribution in [0.4, 0.5) is 5.82 Å². The number of hydrogen-bond acceptors (Lipinski definition) is 9. The van der Waals surface area contributed by atoms with Gasteiger partial charge in [0.15, 0.2) is 0 Å². The lowest BCUT2D eigenvalue weighted by molar-refractivity contribution is 0.112. The number of hydrogen-bond donors (Lipinski definition) is 3. The molecule has 4 heterocycles. The summed E-state index contributed by atoms with van der Waals surface area (Å²) in [7, 11) is 1.83. The standard InChI is InChI=1S/C31H37N9O/c1-33-20-25(18-32)24-4-2-23(3-5-24)19-34-30-17-28(36-22-37-30)29-21-35-31-16-27(8-9-40(29)31)41-15-14-38-10-12-39(13-11-38)26-6-7-26/h2-5,8-9,16-18,20-22,26,32-33H,6-7,10-15,19H2,1H3,(H,34,36,37)/b25-20+,32-18?. The first-order chi connectivity index (χ1) is 20.2. The zero-order chi connectivity index (χ0) is 28.0. The van der Waals surface area contributed by atoms with Crippen molar-refractivity contribution >= 4 is 23.3 Å². The molecule has 1 aliphatic heterocycles. The third-order valence-electron chi connectivity index (χ3n) is 7.78. The van der Waals surface area contributed by atoms with Crippen LogP contribution >= 0.6 is 0 Å². The minimum absolute atomic E-state index is 0.621. The summed E-state index contributed by atoms with van der Waals surface area (Å²) in [5.41, 5.74) is 5.44. The van der Waals surface area contributed by atoms with Crippen LogP contribution in [0, 0.1) is 5.41 Å². The number of aromatic nitrogens is 4. The maximum absolute atomic E-state index is 7.59. The molecule has 10 nitrogen and oxygen atoms in total. The minimum Gasteiger partial charge on any atom is -0.492 e. The number of anilines is 1. The Morgan fingerprint density at radius 1 is 1.05 bits per heavy atom. The zero-order valence-corrected chi connectivity index (χ0v) is 23.5. The van der Waals surface area contributed by atoms with E-state index >= 15 is 0 Å². The number of nitrogens with zero attached hydrogens (tertiary/aromatic N) is 6. The molecule has 0 amide bonds. The second-order valence-corrected chi connectivity index (χ2v) is 10.6. The number of allylic oxidation sites excluding steroid dienone is 1. The SMILES string of the molecule is CN/C=C(\C=N)c1ccc(CNc2cc(-c3cnc4cc(OCCN5CCN(C6CC6)CC5)ccn34)ncn2)cc1. The fraction of sp³-hybridized carbons (Fsp3) is 0.355. The summed E-state index contributed by atoms with van der Waals surface area (Å²) in [5.74, 6) is 1.57. The van der Waals surface area contributed by atoms with Gasteiger partial charge >= 0.3 is 0 Å². The molecule has 41 heavy (non-hydrogen) atoms. The molecule has 2 aliphatic rings. The third-order valence-corrected chi connectivity index (χ3v) is 7.78. The van der Waals surface area contributed by atoms with Crippen LogP contribution in [0.5, 0.6) is 5.75 Å². The van der Waals surface area contributed by atoms with E-state index in [2.05, 4.69) is 47.5 Å². The highest BCUT2D eigenvalue weighted by atomic mass is 16.5. The Bertz CT molecular complexity index is 1500. The molecule has 1 aliphatic carbocycles. The van der Waals surface area contributed by atoms with Gasteiger partial charge in [-0.2, -0.15) is 0 Å². The number of ether oxygens (including phenoxy) is 1. The van der Waals surface area contributed by atoms with Crippen molar-refractivity contribution in [2.45, 2.75) is 25.4 Å². The van der Waals surface area contributed by atoms with Gasteiger partial charge in [0.25, 0.3) is 0 Å². The molecule has 1 saturated carbocycles. The predicted octanol–water partition coefficient (Wildman–Crippen LogP) is 3.77. The first-order valence-corrected chi connectivity index (χ1v) is 14.3. The van der Waals surface area contributed by atoms with Crippen molar-refractivity contribution < 1.29 is 4.74 Å². The number of fused-ring (bicyclic) bond motifs is 1. The van der Waals surface area contributed by atoms with E-state index in [4.69, 9.17) is 10.1 Å². The van der Waals surface area contributed by atoms with E-state index in [1.165, 1.54) is 32.1 Å². The van der Waals surface area contributed by atoms with E-state index in [0.717, 1.165) is 71.0 Å². The summed E-state index contributed by atoms with van der Waals surface area (Å²) < 4.78 is 8.11. The maximum atomic E-state index is 7.59. The molecule has 1 saturated heterocycles. The molecule has 1 aromatic carbocycles. The van der Waals surface area contributed by atoms with Gasteiger partial charge in [-0.25, -0.2) is 15.0 Å². The second kappa shape index (κ2) is 12.5.